The van der Waals surface area contributed by atoms with Crippen molar-refractivity contribution >= 4 is 11.9 Å². The van der Waals surface area contributed by atoms with Gasteiger partial charge >= 0.3 is 5.97 Å². The van der Waals surface area contributed by atoms with E-state index in [0.717, 1.165) is 89.9 Å². The Hall–Kier alpha value is -2.70. The number of aliphatic hydroxyl groups excluding tert-OH is 2. The molecule has 0 aromatic carbocycles. The van der Waals surface area contributed by atoms with Crippen LogP contribution in [0.1, 0.15) is 278 Å². The monoisotopic (exact) mass is 936 g/mol. The van der Waals surface area contributed by atoms with Gasteiger partial charge in [0.1, 0.15) is 6.10 Å². The lowest BCUT2D eigenvalue weighted by atomic mass is 10.0. The summed E-state index contributed by atoms with van der Waals surface area (Å²) in [6.45, 7) is 6.45. The molecule has 3 unspecified atom stereocenters. The molecule has 0 heterocycles. The third-order valence-electron chi connectivity index (χ3n) is 12.9. The lowest BCUT2D eigenvalue weighted by Crippen LogP contribution is -2.46. The van der Waals surface area contributed by atoms with Crippen LogP contribution in [0.25, 0.3) is 0 Å². The second-order valence-electron chi connectivity index (χ2n) is 19.5. The number of rotatable bonds is 51. The fourth-order valence-corrected chi connectivity index (χ4v) is 8.49. The number of allylic oxidation sites excluding steroid dienone is 12. The SMILES string of the molecule is CCCCCCC/C=C/C=C/C=C/CCCCCCCC(=O)OC(CCCCC/C=C/C=C/C=C/CCCCCCC)CC(=O)NC(CO)C(O)CCCCCCCCCCCCCCCC. The second kappa shape index (κ2) is 54.2. The summed E-state index contributed by atoms with van der Waals surface area (Å²) in [5.41, 5.74) is 0. The first-order chi connectivity index (χ1) is 33.0. The zero-order chi connectivity index (χ0) is 48.8. The lowest BCUT2D eigenvalue weighted by molar-refractivity contribution is -0.151. The molecule has 0 rings (SSSR count). The van der Waals surface area contributed by atoms with E-state index in [9.17, 15) is 19.8 Å². The molecular formula is C61H109NO5. The summed E-state index contributed by atoms with van der Waals surface area (Å²) in [5.74, 6) is -0.527. The molecule has 3 N–H and O–H groups in total. The van der Waals surface area contributed by atoms with Gasteiger partial charge in [0, 0.05) is 6.42 Å². The Morgan fingerprint density at radius 3 is 1.15 bits per heavy atom. The van der Waals surface area contributed by atoms with E-state index >= 15 is 0 Å². The highest BCUT2D eigenvalue weighted by atomic mass is 16.5. The van der Waals surface area contributed by atoms with E-state index in [4.69, 9.17) is 4.74 Å². The number of carbonyl (C=O) groups excluding carboxylic acids is 2. The molecule has 6 nitrogen and oxygen atoms in total. The van der Waals surface area contributed by atoms with Crippen LogP contribution in [0.3, 0.4) is 0 Å². The van der Waals surface area contributed by atoms with Gasteiger partial charge in [-0.3, -0.25) is 9.59 Å². The average Bonchev–Trinajstić information content (AvgIpc) is 3.32. The van der Waals surface area contributed by atoms with Gasteiger partial charge in [-0.05, 0) is 77.0 Å². The first-order valence-electron chi connectivity index (χ1n) is 28.7. The van der Waals surface area contributed by atoms with Crippen molar-refractivity contribution in [2.75, 3.05) is 6.61 Å². The van der Waals surface area contributed by atoms with E-state index < -0.39 is 18.2 Å². The number of ether oxygens (including phenoxy) is 1. The van der Waals surface area contributed by atoms with Crippen LogP contribution in [0, 0.1) is 0 Å². The topological polar surface area (TPSA) is 95.9 Å². The predicted octanol–water partition coefficient (Wildman–Crippen LogP) is 17.7. The first kappa shape index (κ1) is 64.3. The third kappa shape index (κ3) is 49.5. The van der Waals surface area contributed by atoms with Gasteiger partial charge in [-0.15, -0.1) is 0 Å². The molecule has 0 saturated heterocycles. The number of esters is 1. The Labute approximate surface area is 415 Å². The Balaban J connectivity index is 4.68. The van der Waals surface area contributed by atoms with Gasteiger partial charge in [-0.1, -0.05) is 261 Å². The lowest BCUT2D eigenvalue weighted by Gasteiger charge is -2.24. The molecule has 0 bridgehead atoms. The van der Waals surface area contributed by atoms with Crippen LogP contribution in [-0.2, 0) is 14.3 Å². The summed E-state index contributed by atoms with van der Waals surface area (Å²) in [7, 11) is 0. The van der Waals surface area contributed by atoms with Gasteiger partial charge in [0.2, 0.25) is 5.91 Å². The number of unbranched alkanes of at least 4 members (excludes halogenated alkanes) is 31. The Morgan fingerprint density at radius 1 is 0.433 bits per heavy atom. The fourth-order valence-electron chi connectivity index (χ4n) is 8.49. The van der Waals surface area contributed by atoms with Crippen LogP contribution in [0.15, 0.2) is 72.9 Å². The van der Waals surface area contributed by atoms with Crippen molar-refractivity contribution in [1.29, 1.82) is 0 Å². The smallest absolute Gasteiger partial charge is 0.306 e. The van der Waals surface area contributed by atoms with Gasteiger partial charge in [-0.2, -0.15) is 0 Å². The molecule has 1 amide bonds. The Morgan fingerprint density at radius 2 is 0.761 bits per heavy atom. The summed E-state index contributed by atoms with van der Waals surface area (Å²) in [5, 5.41) is 23.9. The Bertz CT molecular complexity index is 1230. The van der Waals surface area contributed by atoms with Gasteiger partial charge in [-0.25, -0.2) is 0 Å². The molecule has 0 aliphatic heterocycles. The summed E-state index contributed by atoms with van der Waals surface area (Å²) in [6, 6.07) is -0.721. The van der Waals surface area contributed by atoms with Crippen molar-refractivity contribution in [2.24, 2.45) is 0 Å². The summed E-state index contributed by atoms with van der Waals surface area (Å²) in [4.78, 5) is 26.3. The molecule has 388 valence electrons. The van der Waals surface area contributed by atoms with Crippen LogP contribution < -0.4 is 5.32 Å². The normalized spacial score (nSPS) is 13.7. The molecule has 0 radical (unpaired) electrons. The van der Waals surface area contributed by atoms with E-state index in [1.807, 2.05) is 0 Å². The fraction of sp³-hybridized carbons (Fsp3) is 0.770. The van der Waals surface area contributed by atoms with Crippen molar-refractivity contribution in [1.82, 2.24) is 5.32 Å². The van der Waals surface area contributed by atoms with Gasteiger partial charge in [0.05, 0.1) is 25.2 Å². The minimum absolute atomic E-state index is 0.0445. The molecule has 6 heteroatoms. The minimum atomic E-state index is -0.804. The van der Waals surface area contributed by atoms with Gasteiger partial charge in [0.15, 0.2) is 0 Å². The average molecular weight is 937 g/mol. The first-order valence-corrected chi connectivity index (χ1v) is 28.7. The van der Waals surface area contributed by atoms with E-state index in [0.29, 0.717) is 19.3 Å². The highest BCUT2D eigenvalue weighted by molar-refractivity contribution is 5.77. The number of amides is 1. The molecule has 0 fully saturated rings. The quantitative estimate of drug-likeness (QED) is 0.0321. The molecule has 3 atom stereocenters. The highest BCUT2D eigenvalue weighted by Crippen LogP contribution is 2.18. The van der Waals surface area contributed by atoms with Crippen molar-refractivity contribution in [3.05, 3.63) is 72.9 Å². The van der Waals surface area contributed by atoms with Crippen LogP contribution >= 0.6 is 0 Å². The molecule has 0 aromatic heterocycles. The molecule has 0 spiro atoms. The van der Waals surface area contributed by atoms with Crippen LogP contribution in [0.2, 0.25) is 0 Å². The van der Waals surface area contributed by atoms with Crippen molar-refractivity contribution in [3.63, 3.8) is 0 Å². The van der Waals surface area contributed by atoms with Crippen LogP contribution in [0.4, 0.5) is 0 Å². The zero-order valence-electron chi connectivity index (χ0n) is 44.3. The summed E-state index contributed by atoms with van der Waals surface area (Å²) in [6.07, 6.45) is 69.6. The number of nitrogens with one attached hydrogen (secondary N) is 1. The van der Waals surface area contributed by atoms with E-state index in [1.165, 1.54) is 141 Å². The highest BCUT2D eigenvalue weighted by Gasteiger charge is 2.24. The maximum Gasteiger partial charge on any atom is 0.306 e. The summed E-state index contributed by atoms with van der Waals surface area (Å²) < 4.78 is 5.94. The largest absolute Gasteiger partial charge is 0.462 e. The van der Waals surface area contributed by atoms with Gasteiger partial charge in [0.25, 0.3) is 0 Å². The van der Waals surface area contributed by atoms with E-state index in [2.05, 4.69) is 99.0 Å². The van der Waals surface area contributed by atoms with Crippen molar-refractivity contribution < 1.29 is 24.5 Å². The van der Waals surface area contributed by atoms with Crippen molar-refractivity contribution in [2.45, 2.75) is 296 Å². The minimum Gasteiger partial charge on any atom is -0.462 e. The molecule has 0 aliphatic carbocycles. The predicted molar refractivity (Wildman–Crippen MR) is 291 cm³/mol. The number of aliphatic hydroxyl groups is 2. The van der Waals surface area contributed by atoms with E-state index in [-0.39, 0.29) is 24.9 Å². The standard InChI is InChI=1S/C61H109NO5/c1-4-7-10-13-16-19-22-25-28-30-31-33-36-39-42-45-48-51-54-61(66)67-57(52-49-46-43-40-37-34-32-29-26-23-20-17-14-11-8-5-2)55-60(65)62-58(56-63)59(64)53-50-47-44-41-38-35-27-24-21-18-15-12-9-6-3/h22-23,25-26,28-34,37,57-59,63-64H,4-21,24,27,35-36,38-56H2,1-3H3,(H,62,65)/b25-22+,26-23+,30-28+,32-29+,33-31+,37-34+. The second-order valence-corrected chi connectivity index (χ2v) is 19.5. The number of hydrogen-bond acceptors (Lipinski definition) is 5. The molecular weight excluding hydrogens is 827 g/mol. The molecule has 0 aliphatic rings. The molecule has 67 heavy (non-hydrogen) atoms. The van der Waals surface area contributed by atoms with Crippen LogP contribution in [0.5, 0.6) is 0 Å². The van der Waals surface area contributed by atoms with Crippen molar-refractivity contribution in [3.8, 4) is 0 Å². The molecule has 0 aromatic rings. The maximum atomic E-state index is 13.3. The summed E-state index contributed by atoms with van der Waals surface area (Å²) >= 11 is 0. The number of hydrogen-bond donors (Lipinski definition) is 3. The third-order valence-corrected chi connectivity index (χ3v) is 12.9. The van der Waals surface area contributed by atoms with E-state index in [1.54, 1.807) is 0 Å². The van der Waals surface area contributed by atoms with Gasteiger partial charge < -0.3 is 20.3 Å². The number of carbonyl (C=O) groups is 2. The Kier molecular flexibility index (Phi) is 52.1. The van der Waals surface area contributed by atoms with Crippen LogP contribution in [-0.4, -0.2) is 46.9 Å². The zero-order valence-corrected chi connectivity index (χ0v) is 44.3. The molecule has 0 saturated carbocycles. The maximum absolute atomic E-state index is 13.3.